The first kappa shape index (κ1) is 10.7. The highest BCUT2D eigenvalue weighted by molar-refractivity contribution is 6.12. The van der Waals surface area contributed by atoms with Gasteiger partial charge in [0.25, 0.3) is 0 Å². The number of likely N-dealkylation sites (tertiary alicyclic amines) is 1. The molecule has 1 aliphatic heterocycles. The summed E-state index contributed by atoms with van der Waals surface area (Å²) in [5.74, 6) is 0.915. The third kappa shape index (κ3) is 1.34. The quantitative estimate of drug-likeness (QED) is 0.696. The highest BCUT2D eigenvalue weighted by Gasteiger charge is 2.37. The molecule has 1 aromatic heterocycles. The van der Waals surface area contributed by atoms with Crippen LogP contribution in [0, 0.1) is 0 Å². The summed E-state index contributed by atoms with van der Waals surface area (Å²) in [6.07, 6.45) is 4.47. The number of aromatic nitrogens is 1. The number of hydrogen-bond acceptors (Lipinski definition) is 1. The predicted molar refractivity (Wildman–Crippen MR) is 75.3 cm³/mol. The molecule has 1 unspecified atom stereocenters. The van der Waals surface area contributed by atoms with Gasteiger partial charge in [0, 0.05) is 29.1 Å². The monoisotopic (exact) mass is 236 g/mol. The molecule has 1 aromatic carbocycles. The number of H-pyrrole nitrogens is 1. The van der Waals surface area contributed by atoms with Crippen molar-refractivity contribution in [2.75, 3.05) is 13.6 Å². The summed E-state index contributed by atoms with van der Waals surface area (Å²) in [7, 11) is 8.42. The van der Waals surface area contributed by atoms with Gasteiger partial charge in [-0.05, 0) is 43.6 Å². The second-order valence-corrected chi connectivity index (χ2v) is 5.90. The van der Waals surface area contributed by atoms with E-state index in [2.05, 4.69) is 41.3 Å². The lowest BCUT2D eigenvalue weighted by molar-refractivity contribution is 0.157. The zero-order chi connectivity index (χ0) is 12.3. The van der Waals surface area contributed by atoms with Crippen LogP contribution in [0.4, 0.5) is 0 Å². The van der Waals surface area contributed by atoms with Crippen molar-refractivity contribution < 1.29 is 0 Å². The second kappa shape index (κ2) is 3.64. The van der Waals surface area contributed by atoms with Gasteiger partial charge in [-0.25, -0.2) is 0 Å². The van der Waals surface area contributed by atoms with Crippen molar-refractivity contribution in [3.05, 3.63) is 35.5 Å². The molecule has 1 N–H and O–H groups in total. The molecule has 2 aliphatic rings. The molecule has 90 valence electrons. The highest BCUT2D eigenvalue weighted by atomic mass is 15.1. The molecule has 18 heavy (non-hydrogen) atoms. The van der Waals surface area contributed by atoms with E-state index in [0.29, 0.717) is 17.8 Å². The zero-order valence-electron chi connectivity index (χ0n) is 10.7. The maximum Gasteiger partial charge on any atom is 0.0717 e. The third-order valence-corrected chi connectivity index (χ3v) is 4.76. The first-order valence-electron chi connectivity index (χ1n) is 6.78. The first-order valence-corrected chi connectivity index (χ1v) is 6.78. The summed E-state index contributed by atoms with van der Waals surface area (Å²) < 4.78 is 0. The van der Waals surface area contributed by atoms with Crippen molar-refractivity contribution in [3.8, 4) is 0 Å². The van der Waals surface area contributed by atoms with Gasteiger partial charge >= 0.3 is 0 Å². The Hall–Kier alpha value is -1.22. The molecular formula is C15H17BN2. The van der Waals surface area contributed by atoms with Gasteiger partial charge in [-0.2, -0.15) is 0 Å². The fourth-order valence-electron chi connectivity index (χ4n) is 3.98. The van der Waals surface area contributed by atoms with Gasteiger partial charge in [0.2, 0.25) is 0 Å². The number of likely N-dealkylation sites (N-methyl/N-ethyl adjacent to an activating group) is 1. The average Bonchev–Trinajstić information content (AvgIpc) is 2.76. The molecule has 1 saturated heterocycles. The van der Waals surface area contributed by atoms with Crippen LogP contribution < -0.4 is 0 Å². The lowest BCUT2D eigenvalue weighted by Crippen LogP contribution is -2.46. The summed E-state index contributed by atoms with van der Waals surface area (Å²) in [5.41, 5.74) is 4.26. The molecule has 0 spiro atoms. The zero-order valence-corrected chi connectivity index (χ0v) is 10.7. The molecule has 0 bridgehead atoms. The molecule has 3 atom stereocenters. The first-order chi connectivity index (χ1) is 8.74. The Labute approximate surface area is 109 Å². The number of aromatic amines is 1. The van der Waals surface area contributed by atoms with E-state index < -0.39 is 0 Å². The van der Waals surface area contributed by atoms with Crippen LogP contribution in [0.15, 0.2) is 24.4 Å². The lowest BCUT2D eigenvalue weighted by Gasteiger charge is -2.45. The summed E-state index contributed by atoms with van der Waals surface area (Å²) in [6.45, 7) is 1.02. The van der Waals surface area contributed by atoms with E-state index >= 15 is 0 Å². The topological polar surface area (TPSA) is 19.0 Å². The standard InChI is InChI=1S/C15H17BN2/c1-18-8-10(16)6-12-11-3-2-4-13-15(11)9(7-17-13)5-14(12)18/h2-4,7,10,12,14,17H,5-6,8H2,1H3/t10?,12-,14-/m1/s1. The van der Waals surface area contributed by atoms with Crippen LogP contribution in [0.1, 0.15) is 23.5 Å². The van der Waals surface area contributed by atoms with Gasteiger partial charge < -0.3 is 9.88 Å². The molecule has 1 aliphatic carbocycles. The molecule has 4 rings (SSSR count). The maximum atomic E-state index is 6.21. The van der Waals surface area contributed by atoms with E-state index in [0.717, 1.165) is 19.4 Å². The van der Waals surface area contributed by atoms with Crippen LogP contribution in [-0.2, 0) is 6.42 Å². The minimum atomic E-state index is 0.312. The van der Waals surface area contributed by atoms with Crippen molar-refractivity contribution in [2.45, 2.75) is 30.6 Å². The lowest BCUT2D eigenvalue weighted by atomic mass is 9.67. The highest BCUT2D eigenvalue weighted by Crippen LogP contribution is 2.44. The van der Waals surface area contributed by atoms with Crippen LogP contribution in [0.25, 0.3) is 10.9 Å². The Balaban J connectivity index is 1.92. The smallest absolute Gasteiger partial charge is 0.0717 e. The van der Waals surface area contributed by atoms with Gasteiger partial charge in [-0.3, -0.25) is 0 Å². The SMILES string of the molecule is [B]C1C[C@@H]2c3cccc4[nH]cc(c34)C[C@H]2N(C)C1. The molecule has 2 nitrogen and oxygen atoms in total. The number of rotatable bonds is 0. The summed E-state index contributed by atoms with van der Waals surface area (Å²) in [6, 6.07) is 7.26. The van der Waals surface area contributed by atoms with E-state index in [9.17, 15) is 0 Å². The van der Waals surface area contributed by atoms with Gasteiger partial charge in [0.1, 0.15) is 0 Å². The number of fused-ring (bicyclic) bond motifs is 2. The summed E-state index contributed by atoms with van der Waals surface area (Å²) in [5, 5.41) is 1.46. The second-order valence-electron chi connectivity index (χ2n) is 5.90. The van der Waals surface area contributed by atoms with Gasteiger partial charge in [0.05, 0.1) is 7.85 Å². The van der Waals surface area contributed by atoms with Crippen molar-refractivity contribution in [1.29, 1.82) is 0 Å². The van der Waals surface area contributed by atoms with E-state index in [1.807, 2.05) is 0 Å². The largest absolute Gasteiger partial charge is 0.361 e. The minimum absolute atomic E-state index is 0.312. The number of benzene rings is 1. The van der Waals surface area contributed by atoms with Crippen LogP contribution >= 0.6 is 0 Å². The Morgan fingerprint density at radius 2 is 2.28 bits per heavy atom. The van der Waals surface area contributed by atoms with Gasteiger partial charge in [-0.15, -0.1) is 0 Å². The molecular weight excluding hydrogens is 219 g/mol. The summed E-state index contributed by atoms with van der Waals surface area (Å²) in [4.78, 5) is 5.86. The molecule has 0 saturated carbocycles. The van der Waals surface area contributed by atoms with Crippen LogP contribution in [0.3, 0.4) is 0 Å². The molecule has 2 aromatic rings. The van der Waals surface area contributed by atoms with Crippen molar-refractivity contribution in [1.82, 2.24) is 9.88 Å². The Morgan fingerprint density at radius 3 is 3.17 bits per heavy atom. The fraction of sp³-hybridized carbons (Fsp3) is 0.467. The average molecular weight is 236 g/mol. The summed E-state index contributed by atoms with van der Waals surface area (Å²) >= 11 is 0. The van der Waals surface area contributed by atoms with Gasteiger partial charge in [-0.1, -0.05) is 17.9 Å². The van der Waals surface area contributed by atoms with Crippen molar-refractivity contribution in [3.63, 3.8) is 0 Å². The number of nitrogens with one attached hydrogen (secondary N) is 1. The van der Waals surface area contributed by atoms with Crippen LogP contribution in [-0.4, -0.2) is 37.4 Å². The van der Waals surface area contributed by atoms with E-state index in [-0.39, 0.29) is 0 Å². The maximum absolute atomic E-state index is 6.21. The minimum Gasteiger partial charge on any atom is -0.361 e. The normalized spacial score (nSPS) is 31.5. The predicted octanol–water partition coefficient (Wildman–Crippen LogP) is 2.47. The molecule has 0 amide bonds. The number of piperidine rings is 1. The van der Waals surface area contributed by atoms with Crippen LogP contribution in [0.5, 0.6) is 0 Å². The van der Waals surface area contributed by atoms with Gasteiger partial charge in [0.15, 0.2) is 0 Å². The Kier molecular flexibility index (Phi) is 2.16. The molecule has 1 fully saturated rings. The van der Waals surface area contributed by atoms with Crippen molar-refractivity contribution >= 4 is 18.7 Å². The molecule has 2 heterocycles. The molecule has 2 radical (unpaired) electrons. The third-order valence-electron chi connectivity index (χ3n) is 4.76. The van der Waals surface area contributed by atoms with E-state index in [4.69, 9.17) is 7.85 Å². The Bertz CT molecular complexity index is 604. The Morgan fingerprint density at radius 1 is 1.39 bits per heavy atom. The van der Waals surface area contributed by atoms with E-state index in [1.165, 1.54) is 22.0 Å². The van der Waals surface area contributed by atoms with Crippen molar-refractivity contribution in [2.24, 2.45) is 0 Å². The molecule has 3 heteroatoms. The van der Waals surface area contributed by atoms with E-state index in [1.54, 1.807) is 0 Å². The fourth-order valence-corrected chi connectivity index (χ4v) is 3.98. The number of hydrogen-bond donors (Lipinski definition) is 1. The van der Waals surface area contributed by atoms with Crippen LogP contribution in [0.2, 0.25) is 5.82 Å². The number of nitrogens with zero attached hydrogens (tertiary/aromatic N) is 1.